The van der Waals surface area contributed by atoms with Crippen molar-refractivity contribution >= 4 is 11.4 Å². The summed E-state index contributed by atoms with van der Waals surface area (Å²) in [5.41, 5.74) is 17.7. The van der Waals surface area contributed by atoms with Gasteiger partial charge < -0.3 is 4.90 Å². The van der Waals surface area contributed by atoms with Gasteiger partial charge in [0.1, 0.15) is 0 Å². The molecule has 1 atom stereocenters. The third kappa shape index (κ3) is 3.62. The van der Waals surface area contributed by atoms with Gasteiger partial charge in [-0.2, -0.15) is 0 Å². The summed E-state index contributed by atoms with van der Waals surface area (Å²) >= 11 is 0. The third-order valence-electron chi connectivity index (χ3n) is 9.92. The minimum Gasteiger partial charge on any atom is -0.344 e. The predicted octanol–water partition coefficient (Wildman–Crippen LogP) is 11.1. The van der Waals surface area contributed by atoms with Crippen molar-refractivity contribution in [2.45, 2.75) is 5.41 Å². The highest BCUT2D eigenvalue weighted by atomic mass is 15.1. The number of hydrogen-bond donors (Lipinski definition) is 0. The molecule has 2 aliphatic carbocycles. The van der Waals surface area contributed by atoms with Crippen LogP contribution < -0.4 is 4.90 Å². The van der Waals surface area contributed by atoms with E-state index in [1.807, 2.05) is 0 Å². The Labute approximate surface area is 264 Å². The van der Waals surface area contributed by atoms with Crippen molar-refractivity contribution in [3.63, 3.8) is 0 Å². The van der Waals surface area contributed by atoms with Crippen molar-refractivity contribution < 1.29 is 0 Å². The van der Waals surface area contributed by atoms with Gasteiger partial charge in [0.05, 0.1) is 5.41 Å². The van der Waals surface area contributed by atoms with Gasteiger partial charge in [-0.15, -0.1) is 0 Å². The van der Waals surface area contributed by atoms with Crippen LogP contribution in [0.4, 0.5) is 11.4 Å². The number of hydrogen-bond acceptors (Lipinski definition) is 1. The fourth-order valence-corrected chi connectivity index (χ4v) is 8.00. The molecule has 0 heterocycles. The van der Waals surface area contributed by atoms with Gasteiger partial charge >= 0.3 is 0 Å². The zero-order valence-corrected chi connectivity index (χ0v) is 25.1. The van der Waals surface area contributed by atoms with Crippen LogP contribution >= 0.6 is 0 Å². The minimum atomic E-state index is -0.392. The summed E-state index contributed by atoms with van der Waals surface area (Å²) in [6.07, 6.45) is 0. The number of anilines is 2. The second kappa shape index (κ2) is 9.94. The normalized spacial score (nSPS) is 15.3. The summed E-state index contributed by atoms with van der Waals surface area (Å²) in [7, 11) is 2.20. The van der Waals surface area contributed by atoms with Gasteiger partial charge in [0.2, 0.25) is 0 Å². The van der Waals surface area contributed by atoms with Crippen LogP contribution in [0.15, 0.2) is 170 Å². The standard InChI is InChI=1S/C44H31N/c1-45(33-28-26-31(27-29-33)30-14-4-2-5-15-30)41-25-13-24-40-43(41)36-19-9-11-22-38(36)44(40)37-21-10-8-18-35(37)42-34(20-12-23-39(42)44)32-16-6-3-7-17-32/h2-29H,1H3. The lowest BCUT2D eigenvalue weighted by Gasteiger charge is -2.31. The monoisotopic (exact) mass is 573 g/mol. The van der Waals surface area contributed by atoms with Crippen LogP contribution in [0.3, 0.4) is 0 Å². The molecule has 0 aromatic heterocycles. The van der Waals surface area contributed by atoms with E-state index in [1.54, 1.807) is 0 Å². The summed E-state index contributed by atoms with van der Waals surface area (Å²) in [4.78, 5) is 2.35. The molecule has 1 heteroatoms. The van der Waals surface area contributed by atoms with E-state index in [1.165, 1.54) is 78.1 Å². The SMILES string of the molecule is CN(c1ccc(-c2ccccc2)cc1)c1cccc2c1-c1ccccc1C21c2ccccc2-c2c(-c3ccccc3)cccc21. The Kier molecular flexibility index (Phi) is 5.70. The number of rotatable bonds is 4. The molecule has 0 fully saturated rings. The summed E-state index contributed by atoms with van der Waals surface area (Å²) in [5.74, 6) is 0. The molecule has 1 nitrogen and oxygen atoms in total. The maximum atomic E-state index is 2.37. The molecule has 0 aliphatic heterocycles. The van der Waals surface area contributed by atoms with Crippen molar-refractivity contribution in [3.05, 3.63) is 192 Å². The van der Waals surface area contributed by atoms with Gasteiger partial charge in [0, 0.05) is 24.0 Å². The van der Waals surface area contributed by atoms with Crippen molar-refractivity contribution in [1.29, 1.82) is 0 Å². The van der Waals surface area contributed by atoms with E-state index in [4.69, 9.17) is 0 Å². The fourth-order valence-electron chi connectivity index (χ4n) is 8.00. The van der Waals surface area contributed by atoms with Crippen molar-refractivity contribution in [3.8, 4) is 44.5 Å². The molecule has 0 saturated carbocycles. The van der Waals surface area contributed by atoms with Crippen LogP contribution in [0, 0.1) is 0 Å². The fraction of sp³-hybridized carbons (Fsp3) is 0.0455. The van der Waals surface area contributed by atoms with Gasteiger partial charge in [-0.05, 0) is 79.4 Å². The van der Waals surface area contributed by atoms with Crippen molar-refractivity contribution in [2.75, 3.05) is 11.9 Å². The minimum absolute atomic E-state index is 0.392. The average Bonchev–Trinajstić information content (AvgIpc) is 3.60. The van der Waals surface area contributed by atoms with Crippen LogP contribution in [0.5, 0.6) is 0 Å². The number of nitrogens with zero attached hydrogens (tertiary/aromatic N) is 1. The van der Waals surface area contributed by atoms with E-state index in [2.05, 4.69) is 182 Å². The van der Waals surface area contributed by atoms with Crippen LogP contribution in [0.2, 0.25) is 0 Å². The lowest BCUT2D eigenvalue weighted by molar-refractivity contribution is 0.794. The number of benzene rings is 7. The molecule has 7 aromatic carbocycles. The van der Waals surface area contributed by atoms with E-state index in [0.717, 1.165) is 0 Å². The lowest BCUT2D eigenvalue weighted by Crippen LogP contribution is -2.26. The smallest absolute Gasteiger partial charge is 0.0726 e. The topological polar surface area (TPSA) is 3.24 Å². The average molecular weight is 574 g/mol. The molecule has 212 valence electrons. The molecule has 0 bridgehead atoms. The van der Waals surface area contributed by atoms with E-state index in [0.29, 0.717) is 0 Å². The third-order valence-corrected chi connectivity index (χ3v) is 9.92. The summed E-state index contributed by atoms with van der Waals surface area (Å²) in [5, 5.41) is 0. The Hall–Kier alpha value is -5.66. The summed E-state index contributed by atoms with van der Waals surface area (Å²) in [6, 6.07) is 62.3. The zero-order chi connectivity index (χ0) is 30.0. The van der Waals surface area contributed by atoms with Crippen molar-refractivity contribution in [1.82, 2.24) is 0 Å². The molecule has 0 N–H and O–H groups in total. The first-order valence-electron chi connectivity index (χ1n) is 15.7. The Morgan fingerprint density at radius 3 is 1.49 bits per heavy atom. The lowest BCUT2D eigenvalue weighted by atomic mass is 9.70. The molecule has 45 heavy (non-hydrogen) atoms. The molecule has 1 spiro atoms. The molecule has 2 aliphatic rings. The van der Waals surface area contributed by atoms with Crippen LogP contribution in [-0.2, 0) is 5.41 Å². The van der Waals surface area contributed by atoms with E-state index in [-0.39, 0.29) is 0 Å². The van der Waals surface area contributed by atoms with Gasteiger partial charge in [0.15, 0.2) is 0 Å². The molecule has 0 amide bonds. The zero-order valence-electron chi connectivity index (χ0n) is 25.1. The first-order chi connectivity index (χ1) is 22.3. The Balaban J connectivity index is 1.28. The molecule has 9 rings (SSSR count). The highest BCUT2D eigenvalue weighted by Crippen LogP contribution is 2.65. The Morgan fingerprint density at radius 2 is 0.822 bits per heavy atom. The summed E-state index contributed by atoms with van der Waals surface area (Å²) in [6.45, 7) is 0. The first-order valence-corrected chi connectivity index (χ1v) is 15.7. The maximum Gasteiger partial charge on any atom is 0.0726 e. The second-order valence-electron chi connectivity index (χ2n) is 12.1. The van der Waals surface area contributed by atoms with E-state index in [9.17, 15) is 0 Å². The van der Waals surface area contributed by atoms with E-state index < -0.39 is 5.41 Å². The highest BCUT2D eigenvalue weighted by molar-refractivity contribution is 6.02. The Morgan fingerprint density at radius 1 is 0.356 bits per heavy atom. The van der Waals surface area contributed by atoms with Crippen LogP contribution in [0.25, 0.3) is 44.5 Å². The molecular formula is C44H31N. The van der Waals surface area contributed by atoms with Gasteiger partial charge in [0.25, 0.3) is 0 Å². The quantitative estimate of drug-likeness (QED) is 0.202. The molecule has 0 radical (unpaired) electrons. The van der Waals surface area contributed by atoms with Crippen LogP contribution in [-0.4, -0.2) is 7.05 Å². The van der Waals surface area contributed by atoms with E-state index >= 15 is 0 Å². The van der Waals surface area contributed by atoms with Crippen LogP contribution in [0.1, 0.15) is 22.3 Å². The first kappa shape index (κ1) is 25.8. The molecular weight excluding hydrogens is 542 g/mol. The molecule has 0 saturated heterocycles. The summed E-state index contributed by atoms with van der Waals surface area (Å²) < 4.78 is 0. The Bertz CT molecular complexity index is 2210. The predicted molar refractivity (Wildman–Crippen MR) is 188 cm³/mol. The highest BCUT2D eigenvalue weighted by Gasteiger charge is 2.52. The number of fused-ring (bicyclic) bond motifs is 10. The largest absolute Gasteiger partial charge is 0.344 e. The van der Waals surface area contributed by atoms with Crippen molar-refractivity contribution in [2.24, 2.45) is 0 Å². The molecule has 1 unspecified atom stereocenters. The van der Waals surface area contributed by atoms with Gasteiger partial charge in [-0.3, -0.25) is 0 Å². The van der Waals surface area contributed by atoms with Gasteiger partial charge in [-0.1, -0.05) is 152 Å². The van der Waals surface area contributed by atoms with Gasteiger partial charge in [-0.25, -0.2) is 0 Å². The maximum absolute atomic E-state index is 2.37. The molecule has 7 aromatic rings. The second-order valence-corrected chi connectivity index (χ2v) is 12.1.